The van der Waals surface area contributed by atoms with Crippen LogP contribution in [0.1, 0.15) is 0 Å². The summed E-state index contributed by atoms with van der Waals surface area (Å²) in [5, 5.41) is 9.56. The van der Waals surface area contributed by atoms with Gasteiger partial charge < -0.3 is 14.6 Å². The fourth-order valence-electron chi connectivity index (χ4n) is 1.57. The van der Waals surface area contributed by atoms with Crippen LogP contribution in [-0.2, 0) is 14.8 Å². The van der Waals surface area contributed by atoms with Gasteiger partial charge in [0.1, 0.15) is 5.75 Å². The van der Waals surface area contributed by atoms with Crippen molar-refractivity contribution in [3.63, 3.8) is 0 Å². The van der Waals surface area contributed by atoms with Crippen LogP contribution in [0.4, 0.5) is 0 Å². The van der Waals surface area contributed by atoms with E-state index in [0.29, 0.717) is 5.75 Å². The summed E-state index contributed by atoms with van der Waals surface area (Å²) in [6, 6.07) is 6.08. The van der Waals surface area contributed by atoms with Crippen molar-refractivity contribution < 1.29 is 23.0 Å². The van der Waals surface area contributed by atoms with Crippen molar-refractivity contribution >= 4 is 10.0 Å². The normalized spacial score (nSPS) is 13.5. The van der Waals surface area contributed by atoms with Gasteiger partial charge >= 0.3 is 0 Å². The Morgan fingerprint density at radius 1 is 1.26 bits per heavy atom. The first-order chi connectivity index (χ1) is 8.91. The predicted molar refractivity (Wildman–Crippen MR) is 70.7 cm³/mol. The highest BCUT2D eigenvalue weighted by molar-refractivity contribution is 7.89. The molecule has 0 saturated carbocycles. The van der Waals surface area contributed by atoms with E-state index in [1.165, 1.54) is 33.4 Å². The number of methoxy groups -OCH3 is 2. The number of ether oxygens (including phenoxy) is 2. The van der Waals surface area contributed by atoms with E-state index in [9.17, 15) is 13.5 Å². The molecular formula is C12H19NO5S. The Morgan fingerprint density at radius 3 is 2.32 bits per heavy atom. The van der Waals surface area contributed by atoms with Gasteiger partial charge in [-0.3, -0.25) is 0 Å². The minimum absolute atomic E-state index is 0.0256. The summed E-state index contributed by atoms with van der Waals surface area (Å²) in [5.74, 6) is 0.584. The Hall–Kier alpha value is -1.15. The zero-order valence-electron chi connectivity index (χ0n) is 11.2. The number of hydrogen-bond acceptors (Lipinski definition) is 5. The van der Waals surface area contributed by atoms with Gasteiger partial charge in [-0.25, -0.2) is 8.42 Å². The topological polar surface area (TPSA) is 76.1 Å². The summed E-state index contributed by atoms with van der Waals surface area (Å²) in [6.45, 7) is 0.0602. The lowest BCUT2D eigenvalue weighted by atomic mass is 10.3. The maximum Gasteiger partial charge on any atom is 0.242 e. The van der Waals surface area contributed by atoms with Gasteiger partial charge in [0.2, 0.25) is 10.0 Å². The maximum absolute atomic E-state index is 12.2. The second-order valence-electron chi connectivity index (χ2n) is 4.07. The molecule has 0 aliphatic carbocycles. The van der Waals surface area contributed by atoms with Crippen LogP contribution in [-0.4, -0.2) is 58.4 Å². The second kappa shape index (κ2) is 6.85. The lowest BCUT2D eigenvalue weighted by Crippen LogP contribution is -2.36. The van der Waals surface area contributed by atoms with Crippen molar-refractivity contribution in [1.82, 2.24) is 4.31 Å². The van der Waals surface area contributed by atoms with Crippen molar-refractivity contribution in [3.8, 4) is 5.75 Å². The molecule has 7 heteroatoms. The third-order valence-corrected chi connectivity index (χ3v) is 4.43. The minimum Gasteiger partial charge on any atom is -0.497 e. The summed E-state index contributed by atoms with van der Waals surface area (Å²) in [6.07, 6.45) is -0.858. The molecule has 6 nitrogen and oxygen atoms in total. The standard InChI is InChI=1S/C12H19NO5S/c1-13(8-10(14)9-17-2)19(15,16)12-6-4-11(18-3)5-7-12/h4-7,10,14H,8-9H2,1-3H3. The van der Waals surface area contributed by atoms with Gasteiger partial charge in [0.15, 0.2) is 0 Å². The molecule has 19 heavy (non-hydrogen) atoms. The van der Waals surface area contributed by atoms with Crippen LogP contribution in [0, 0.1) is 0 Å². The summed E-state index contributed by atoms with van der Waals surface area (Å²) in [7, 11) is 0.756. The molecule has 0 spiro atoms. The van der Waals surface area contributed by atoms with Crippen LogP contribution < -0.4 is 4.74 Å². The van der Waals surface area contributed by atoms with Gasteiger partial charge in [-0.1, -0.05) is 0 Å². The van der Waals surface area contributed by atoms with Crippen LogP contribution in [0.25, 0.3) is 0 Å². The molecule has 0 aliphatic heterocycles. The van der Waals surface area contributed by atoms with Gasteiger partial charge in [-0.2, -0.15) is 4.31 Å². The summed E-state index contributed by atoms with van der Waals surface area (Å²) < 4.78 is 35.2. The van der Waals surface area contributed by atoms with Gasteiger partial charge in [0.05, 0.1) is 24.7 Å². The van der Waals surface area contributed by atoms with Crippen LogP contribution >= 0.6 is 0 Å². The molecule has 108 valence electrons. The molecule has 0 aromatic heterocycles. The van der Waals surface area contributed by atoms with Crippen molar-refractivity contribution in [2.75, 3.05) is 34.4 Å². The molecule has 1 aromatic carbocycles. The van der Waals surface area contributed by atoms with Crippen molar-refractivity contribution in [2.45, 2.75) is 11.0 Å². The van der Waals surface area contributed by atoms with E-state index in [0.717, 1.165) is 4.31 Å². The van der Waals surface area contributed by atoms with E-state index in [1.807, 2.05) is 0 Å². The zero-order valence-corrected chi connectivity index (χ0v) is 12.1. The summed E-state index contributed by atoms with van der Waals surface area (Å²) >= 11 is 0. The Labute approximate surface area is 113 Å². The Bertz CT molecular complexity index is 485. The molecule has 0 bridgehead atoms. The SMILES string of the molecule is COCC(O)CN(C)S(=O)(=O)c1ccc(OC)cc1. The molecule has 1 aromatic rings. The first kappa shape index (κ1) is 15.9. The zero-order chi connectivity index (χ0) is 14.5. The van der Waals surface area contributed by atoms with E-state index in [2.05, 4.69) is 0 Å². The van der Waals surface area contributed by atoms with E-state index in [4.69, 9.17) is 9.47 Å². The van der Waals surface area contributed by atoms with Gasteiger partial charge in [-0.05, 0) is 24.3 Å². The van der Waals surface area contributed by atoms with E-state index in [-0.39, 0.29) is 18.0 Å². The Morgan fingerprint density at radius 2 is 1.84 bits per heavy atom. The molecule has 0 fully saturated rings. The predicted octanol–water partition coefficient (Wildman–Crippen LogP) is 0.323. The van der Waals surface area contributed by atoms with E-state index in [1.54, 1.807) is 12.1 Å². The maximum atomic E-state index is 12.2. The number of likely N-dealkylation sites (N-methyl/N-ethyl adjacent to an activating group) is 1. The number of benzene rings is 1. The minimum atomic E-state index is -3.62. The third kappa shape index (κ3) is 4.17. The quantitative estimate of drug-likeness (QED) is 0.782. The van der Waals surface area contributed by atoms with E-state index < -0.39 is 16.1 Å². The molecule has 0 amide bonds. The van der Waals surface area contributed by atoms with Crippen molar-refractivity contribution in [3.05, 3.63) is 24.3 Å². The number of sulfonamides is 1. The lowest BCUT2D eigenvalue weighted by Gasteiger charge is -2.20. The summed E-state index contributed by atoms with van der Waals surface area (Å²) in [4.78, 5) is 0.153. The lowest BCUT2D eigenvalue weighted by molar-refractivity contribution is 0.0554. The molecule has 0 aliphatic rings. The van der Waals surface area contributed by atoms with Crippen LogP contribution in [0.2, 0.25) is 0 Å². The van der Waals surface area contributed by atoms with E-state index >= 15 is 0 Å². The van der Waals surface area contributed by atoms with Gasteiger partial charge in [0.25, 0.3) is 0 Å². The fourth-order valence-corrected chi connectivity index (χ4v) is 2.78. The Balaban J connectivity index is 2.83. The number of hydrogen-bond donors (Lipinski definition) is 1. The molecule has 1 unspecified atom stereocenters. The molecule has 0 saturated heterocycles. The number of nitrogens with zero attached hydrogens (tertiary/aromatic N) is 1. The highest BCUT2D eigenvalue weighted by Gasteiger charge is 2.22. The van der Waals surface area contributed by atoms with Gasteiger partial charge in [0, 0.05) is 20.7 Å². The molecular weight excluding hydrogens is 270 g/mol. The summed E-state index contributed by atoms with van der Waals surface area (Å²) in [5.41, 5.74) is 0. The average Bonchev–Trinajstić information content (AvgIpc) is 2.39. The van der Waals surface area contributed by atoms with Crippen LogP contribution in [0.3, 0.4) is 0 Å². The largest absolute Gasteiger partial charge is 0.497 e. The van der Waals surface area contributed by atoms with Gasteiger partial charge in [-0.15, -0.1) is 0 Å². The molecule has 0 heterocycles. The van der Waals surface area contributed by atoms with Crippen LogP contribution in [0.5, 0.6) is 5.75 Å². The smallest absolute Gasteiger partial charge is 0.242 e. The second-order valence-corrected chi connectivity index (χ2v) is 6.12. The highest BCUT2D eigenvalue weighted by Crippen LogP contribution is 2.18. The van der Waals surface area contributed by atoms with Crippen LogP contribution in [0.15, 0.2) is 29.2 Å². The van der Waals surface area contributed by atoms with Crippen molar-refractivity contribution in [2.24, 2.45) is 0 Å². The first-order valence-electron chi connectivity index (χ1n) is 5.69. The highest BCUT2D eigenvalue weighted by atomic mass is 32.2. The number of aliphatic hydroxyl groups is 1. The van der Waals surface area contributed by atoms with Crippen molar-refractivity contribution in [1.29, 1.82) is 0 Å². The first-order valence-corrected chi connectivity index (χ1v) is 7.13. The number of rotatable bonds is 7. The molecule has 1 atom stereocenters. The monoisotopic (exact) mass is 289 g/mol. The average molecular weight is 289 g/mol. The molecule has 1 rings (SSSR count). The third-order valence-electron chi connectivity index (χ3n) is 2.59. The Kier molecular flexibility index (Phi) is 5.74. The fraction of sp³-hybridized carbons (Fsp3) is 0.500. The molecule has 0 radical (unpaired) electrons. The number of aliphatic hydroxyl groups excluding tert-OH is 1. The molecule has 1 N–H and O–H groups in total.